The van der Waals surface area contributed by atoms with Crippen molar-refractivity contribution in [1.82, 2.24) is 0 Å². The van der Waals surface area contributed by atoms with Crippen LogP contribution in [0.2, 0.25) is 0 Å². The quantitative estimate of drug-likeness (QED) is 0.663. The largest absolute Gasteiger partial charge is 0.382 e. The first-order chi connectivity index (χ1) is 7.81. The highest BCUT2D eigenvalue weighted by Crippen LogP contribution is 2.17. The standard InChI is InChI=1S/C13H18O3/c1-15-10-13(16-2)12-7-5-11(6-8-12)4-3-9-14/h5-9,13H,3-4,10H2,1-2H3. The number of ether oxygens (including phenoxy) is 2. The minimum atomic E-state index is -0.0230. The number of benzene rings is 1. The van der Waals surface area contributed by atoms with Crippen molar-refractivity contribution in [2.24, 2.45) is 0 Å². The minimum Gasteiger partial charge on any atom is -0.382 e. The highest BCUT2D eigenvalue weighted by Gasteiger charge is 2.09. The summed E-state index contributed by atoms with van der Waals surface area (Å²) in [6.45, 7) is 0.546. The highest BCUT2D eigenvalue weighted by atomic mass is 16.5. The molecule has 1 unspecified atom stereocenters. The van der Waals surface area contributed by atoms with Crippen molar-refractivity contribution >= 4 is 6.29 Å². The molecule has 0 aliphatic carbocycles. The maximum atomic E-state index is 10.2. The first kappa shape index (κ1) is 12.9. The Morgan fingerprint density at radius 1 is 1.25 bits per heavy atom. The number of carbonyl (C=O) groups is 1. The molecule has 0 fully saturated rings. The van der Waals surface area contributed by atoms with Gasteiger partial charge in [-0.1, -0.05) is 24.3 Å². The van der Waals surface area contributed by atoms with Crippen molar-refractivity contribution in [2.75, 3.05) is 20.8 Å². The molecule has 1 rings (SSSR count). The molecule has 0 N–H and O–H groups in total. The lowest BCUT2D eigenvalue weighted by Gasteiger charge is -2.14. The molecule has 16 heavy (non-hydrogen) atoms. The second kappa shape index (κ2) is 7.14. The van der Waals surface area contributed by atoms with Crippen LogP contribution in [-0.4, -0.2) is 27.1 Å². The summed E-state index contributed by atoms with van der Waals surface area (Å²) in [5, 5.41) is 0. The van der Waals surface area contributed by atoms with E-state index in [-0.39, 0.29) is 6.10 Å². The first-order valence-electron chi connectivity index (χ1n) is 5.36. The van der Waals surface area contributed by atoms with Gasteiger partial charge in [0.05, 0.1) is 6.61 Å². The van der Waals surface area contributed by atoms with Crippen LogP contribution >= 0.6 is 0 Å². The van der Waals surface area contributed by atoms with Gasteiger partial charge < -0.3 is 14.3 Å². The van der Waals surface area contributed by atoms with Gasteiger partial charge in [0.25, 0.3) is 0 Å². The highest BCUT2D eigenvalue weighted by molar-refractivity contribution is 5.50. The Hall–Kier alpha value is -1.19. The van der Waals surface area contributed by atoms with Gasteiger partial charge in [0.1, 0.15) is 12.4 Å². The smallest absolute Gasteiger partial charge is 0.120 e. The average Bonchev–Trinajstić information content (AvgIpc) is 2.34. The SMILES string of the molecule is COCC(OC)c1ccc(CCC=O)cc1. The third kappa shape index (κ3) is 3.76. The van der Waals surface area contributed by atoms with Crippen LogP contribution in [0.25, 0.3) is 0 Å². The van der Waals surface area contributed by atoms with Crippen molar-refractivity contribution in [3.63, 3.8) is 0 Å². The summed E-state index contributed by atoms with van der Waals surface area (Å²) < 4.78 is 10.4. The van der Waals surface area contributed by atoms with Gasteiger partial charge in [0.2, 0.25) is 0 Å². The lowest BCUT2D eigenvalue weighted by molar-refractivity contribution is -0.107. The van der Waals surface area contributed by atoms with Gasteiger partial charge in [-0.25, -0.2) is 0 Å². The Labute approximate surface area is 96.4 Å². The van der Waals surface area contributed by atoms with E-state index in [4.69, 9.17) is 9.47 Å². The molecule has 0 amide bonds. The lowest BCUT2D eigenvalue weighted by Crippen LogP contribution is -2.08. The van der Waals surface area contributed by atoms with Crippen molar-refractivity contribution in [2.45, 2.75) is 18.9 Å². The number of aryl methyl sites for hydroxylation is 1. The summed E-state index contributed by atoms with van der Waals surface area (Å²) in [5.41, 5.74) is 2.27. The summed E-state index contributed by atoms with van der Waals surface area (Å²) in [5.74, 6) is 0. The number of hydrogen-bond acceptors (Lipinski definition) is 3. The molecule has 0 aliphatic rings. The van der Waals surface area contributed by atoms with E-state index in [1.165, 1.54) is 5.56 Å². The molecule has 1 aromatic carbocycles. The van der Waals surface area contributed by atoms with Gasteiger partial charge in [-0.15, -0.1) is 0 Å². The minimum absolute atomic E-state index is 0.0230. The van der Waals surface area contributed by atoms with E-state index >= 15 is 0 Å². The van der Waals surface area contributed by atoms with Crippen LogP contribution in [0.15, 0.2) is 24.3 Å². The predicted octanol–water partition coefficient (Wildman–Crippen LogP) is 2.15. The molecular weight excluding hydrogens is 204 g/mol. The Kier molecular flexibility index (Phi) is 5.75. The Balaban J connectivity index is 2.64. The van der Waals surface area contributed by atoms with E-state index in [0.717, 1.165) is 18.3 Å². The van der Waals surface area contributed by atoms with Crippen LogP contribution in [0.5, 0.6) is 0 Å². The van der Waals surface area contributed by atoms with Crippen LogP contribution in [-0.2, 0) is 20.7 Å². The van der Waals surface area contributed by atoms with E-state index in [9.17, 15) is 4.79 Å². The number of methoxy groups -OCH3 is 2. The zero-order valence-electron chi connectivity index (χ0n) is 9.81. The van der Waals surface area contributed by atoms with Gasteiger partial charge in [0, 0.05) is 20.6 Å². The van der Waals surface area contributed by atoms with E-state index in [0.29, 0.717) is 13.0 Å². The van der Waals surface area contributed by atoms with Gasteiger partial charge in [0.15, 0.2) is 0 Å². The molecule has 3 heteroatoms. The molecule has 0 aliphatic heterocycles. The molecule has 88 valence electrons. The summed E-state index contributed by atoms with van der Waals surface area (Å²) in [6, 6.07) is 8.10. The molecule has 1 aromatic rings. The molecule has 0 bridgehead atoms. The monoisotopic (exact) mass is 222 g/mol. The predicted molar refractivity (Wildman–Crippen MR) is 62.5 cm³/mol. The van der Waals surface area contributed by atoms with Crippen LogP contribution < -0.4 is 0 Å². The zero-order chi connectivity index (χ0) is 11.8. The lowest BCUT2D eigenvalue weighted by atomic mass is 10.0. The number of hydrogen-bond donors (Lipinski definition) is 0. The van der Waals surface area contributed by atoms with Crippen molar-refractivity contribution in [1.29, 1.82) is 0 Å². The second-order valence-corrected chi connectivity index (χ2v) is 3.63. The number of carbonyl (C=O) groups excluding carboxylic acids is 1. The third-order valence-corrected chi connectivity index (χ3v) is 2.50. The van der Waals surface area contributed by atoms with Crippen molar-refractivity contribution in [3.05, 3.63) is 35.4 Å². The van der Waals surface area contributed by atoms with Crippen LogP contribution in [0, 0.1) is 0 Å². The summed E-state index contributed by atoms with van der Waals surface area (Å²) in [6.07, 6.45) is 2.29. The Morgan fingerprint density at radius 2 is 1.94 bits per heavy atom. The fourth-order valence-corrected chi connectivity index (χ4v) is 1.58. The summed E-state index contributed by atoms with van der Waals surface area (Å²) in [7, 11) is 3.33. The molecule has 0 aromatic heterocycles. The van der Waals surface area contributed by atoms with Crippen LogP contribution in [0.3, 0.4) is 0 Å². The van der Waals surface area contributed by atoms with Gasteiger partial charge >= 0.3 is 0 Å². The summed E-state index contributed by atoms with van der Waals surface area (Å²) in [4.78, 5) is 10.2. The summed E-state index contributed by atoms with van der Waals surface area (Å²) >= 11 is 0. The molecule has 3 nitrogen and oxygen atoms in total. The topological polar surface area (TPSA) is 35.5 Å². The molecular formula is C13H18O3. The van der Waals surface area contributed by atoms with Crippen LogP contribution in [0.1, 0.15) is 23.7 Å². The van der Waals surface area contributed by atoms with E-state index < -0.39 is 0 Å². The van der Waals surface area contributed by atoms with Crippen molar-refractivity contribution in [3.8, 4) is 0 Å². The number of aldehydes is 1. The molecule has 0 radical (unpaired) electrons. The number of rotatable bonds is 7. The van der Waals surface area contributed by atoms with Gasteiger partial charge in [-0.2, -0.15) is 0 Å². The molecule has 0 saturated heterocycles. The Bertz CT molecular complexity index is 305. The van der Waals surface area contributed by atoms with Gasteiger partial charge in [-0.3, -0.25) is 0 Å². The zero-order valence-corrected chi connectivity index (χ0v) is 9.81. The maximum Gasteiger partial charge on any atom is 0.120 e. The van der Waals surface area contributed by atoms with Crippen molar-refractivity contribution < 1.29 is 14.3 Å². The molecule has 0 spiro atoms. The fraction of sp³-hybridized carbons (Fsp3) is 0.462. The van der Waals surface area contributed by atoms with E-state index in [1.807, 2.05) is 24.3 Å². The Morgan fingerprint density at radius 3 is 2.44 bits per heavy atom. The maximum absolute atomic E-state index is 10.2. The first-order valence-corrected chi connectivity index (χ1v) is 5.36. The molecule has 0 saturated carbocycles. The molecule has 1 atom stereocenters. The van der Waals surface area contributed by atoms with Gasteiger partial charge in [-0.05, 0) is 17.5 Å². The normalized spacial score (nSPS) is 12.4. The van der Waals surface area contributed by atoms with Crippen LogP contribution in [0.4, 0.5) is 0 Å². The fourth-order valence-electron chi connectivity index (χ4n) is 1.58. The van der Waals surface area contributed by atoms with E-state index in [2.05, 4.69) is 0 Å². The van der Waals surface area contributed by atoms with E-state index in [1.54, 1.807) is 14.2 Å². The average molecular weight is 222 g/mol. The second-order valence-electron chi connectivity index (χ2n) is 3.63. The molecule has 0 heterocycles. The third-order valence-electron chi connectivity index (χ3n) is 2.50.